The Hall–Kier alpha value is -3.44. The van der Waals surface area contributed by atoms with Crippen molar-refractivity contribution >= 4 is 22.8 Å². The maximum atomic E-state index is 14.0. The summed E-state index contributed by atoms with van der Waals surface area (Å²) in [5.41, 5.74) is 6.17. The molecule has 0 aliphatic heterocycles. The zero-order valence-corrected chi connectivity index (χ0v) is 17.8. The van der Waals surface area contributed by atoms with Crippen molar-refractivity contribution < 1.29 is 4.39 Å². The van der Waals surface area contributed by atoms with E-state index in [0.29, 0.717) is 0 Å². The quantitative estimate of drug-likeness (QED) is 0.228. The molecule has 0 aliphatic carbocycles. The first-order valence-electron chi connectivity index (χ1n) is 10.1. The van der Waals surface area contributed by atoms with Crippen molar-refractivity contribution in [2.24, 2.45) is 0 Å². The predicted molar refractivity (Wildman–Crippen MR) is 125 cm³/mol. The summed E-state index contributed by atoms with van der Waals surface area (Å²) in [6.07, 6.45) is 3.62. The summed E-state index contributed by atoms with van der Waals surface area (Å²) in [7, 11) is 0. The van der Waals surface area contributed by atoms with E-state index in [9.17, 15) is 4.39 Å². The van der Waals surface area contributed by atoms with Gasteiger partial charge in [0.15, 0.2) is 0 Å². The van der Waals surface area contributed by atoms with Gasteiger partial charge in [-0.3, -0.25) is 0 Å². The number of halogens is 1. The van der Waals surface area contributed by atoms with Crippen molar-refractivity contribution in [2.75, 3.05) is 0 Å². The highest BCUT2D eigenvalue weighted by Gasteiger charge is 2.18. The maximum absolute atomic E-state index is 14.0. The first-order chi connectivity index (χ1) is 15.2. The summed E-state index contributed by atoms with van der Waals surface area (Å²) in [5.74, 6) is 0.543. The largest absolute Gasteiger partial charge is 0.300 e. The number of hydrogen-bond donors (Lipinski definition) is 0. The molecule has 5 heteroatoms. The molecule has 0 aliphatic rings. The first-order valence-corrected chi connectivity index (χ1v) is 11.0. The summed E-state index contributed by atoms with van der Waals surface area (Å²) < 4.78 is 15.9. The summed E-state index contributed by atoms with van der Waals surface area (Å²) in [6.45, 7) is 2.13. The van der Waals surface area contributed by atoms with Crippen LogP contribution in [0.25, 0.3) is 27.8 Å². The Labute approximate surface area is 184 Å². The van der Waals surface area contributed by atoms with E-state index < -0.39 is 0 Å². The SMILES string of the molecule is Cc1ccccc1CSc1ncnc2c1c(-c1ccccc1)cn2-c1cccc(F)c1. The second kappa shape index (κ2) is 8.36. The topological polar surface area (TPSA) is 30.7 Å². The third-order valence-electron chi connectivity index (χ3n) is 5.35. The lowest BCUT2D eigenvalue weighted by Gasteiger charge is -2.08. The van der Waals surface area contributed by atoms with Gasteiger partial charge in [-0.25, -0.2) is 14.4 Å². The molecule has 0 fully saturated rings. The molecule has 0 saturated heterocycles. The predicted octanol–water partition coefficient (Wildman–Crippen LogP) is 6.83. The second-order valence-electron chi connectivity index (χ2n) is 7.35. The highest BCUT2D eigenvalue weighted by Crippen LogP contribution is 2.37. The van der Waals surface area contributed by atoms with Gasteiger partial charge in [-0.05, 0) is 41.8 Å². The Bertz CT molecular complexity index is 1360. The molecule has 0 unspecified atom stereocenters. The van der Waals surface area contributed by atoms with E-state index in [0.717, 1.165) is 38.6 Å². The fourth-order valence-electron chi connectivity index (χ4n) is 3.72. The molecule has 2 aromatic heterocycles. The Morgan fingerprint density at radius 3 is 2.52 bits per heavy atom. The van der Waals surface area contributed by atoms with Crippen molar-refractivity contribution in [1.29, 1.82) is 0 Å². The third-order valence-corrected chi connectivity index (χ3v) is 6.38. The summed E-state index contributed by atoms with van der Waals surface area (Å²) in [4.78, 5) is 9.21. The van der Waals surface area contributed by atoms with Crippen molar-refractivity contribution in [3.05, 3.63) is 108 Å². The average molecular weight is 426 g/mol. The van der Waals surface area contributed by atoms with Crippen molar-refractivity contribution in [3.63, 3.8) is 0 Å². The van der Waals surface area contributed by atoms with Gasteiger partial charge in [-0.2, -0.15) is 0 Å². The molecule has 0 N–H and O–H groups in total. The van der Waals surface area contributed by atoms with E-state index >= 15 is 0 Å². The van der Waals surface area contributed by atoms with Gasteiger partial charge in [0.2, 0.25) is 0 Å². The number of fused-ring (bicyclic) bond motifs is 1. The molecule has 152 valence electrons. The minimum atomic E-state index is -0.274. The van der Waals surface area contributed by atoms with E-state index in [2.05, 4.69) is 53.3 Å². The molecule has 31 heavy (non-hydrogen) atoms. The van der Waals surface area contributed by atoms with Gasteiger partial charge in [0, 0.05) is 23.2 Å². The van der Waals surface area contributed by atoms with Gasteiger partial charge in [0.05, 0.1) is 5.39 Å². The molecule has 0 atom stereocenters. The third kappa shape index (κ3) is 3.84. The second-order valence-corrected chi connectivity index (χ2v) is 8.32. The lowest BCUT2D eigenvalue weighted by molar-refractivity contribution is 0.627. The van der Waals surface area contributed by atoms with Gasteiger partial charge in [-0.15, -0.1) is 11.8 Å². The molecule has 3 nitrogen and oxygen atoms in total. The molecule has 0 saturated carbocycles. The number of nitrogens with zero attached hydrogens (tertiary/aromatic N) is 3. The van der Waals surface area contributed by atoms with Crippen LogP contribution in [0.1, 0.15) is 11.1 Å². The van der Waals surface area contributed by atoms with Crippen LogP contribution in [0.3, 0.4) is 0 Å². The normalized spacial score (nSPS) is 11.2. The Kier molecular flexibility index (Phi) is 5.26. The van der Waals surface area contributed by atoms with Crippen LogP contribution in [0.4, 0.5) is 4.39 Å². The molecule has 0 amide bonds. The van der Waals surface area contributed by atoms with E-state index in [1.54, 1.807) is 24.2 Å². The number of aromatic nitrogens is 3. The van der Waals surface area contributed by atoms with Crippen LogP contribution in [0.2, 0.25) is 0 Å². The van der Waals surface area contributed by atoms with Gasteiger partial charge in [-0.1, -0.05) is 60.7 Å². The molecular weight excluding hydrogens is 405 g/mol. The van der Waals surface area contributed by atoms with Gasteiger partial charge < -0.3 is 4.57 Å². The molecule has 5 aromatic rings. The number of aryl methyl sites for hydroxylation is 1. The zero-order valence-electron chi connectivity index (χ0n) is 17.0. The summed E-state index contributed by atoms with van der Waals surface area (Å²) in [5, 5.41) is 1.90. The van der Waals surface area contributed by atoms with Crippen LogP contribution >= 0.6 is 11.8 Å². The van der Waals surface area contributed by atoms with E-state index in [4.69, 9.17) is 0 Å². The minimum Gasteiger partial charge on any atom is -0.300 e. The average Bonchev–Trinajstić information content (AvgIpc) is 3.20. The van der Waals surface area contributed by atoms with Crippen LogP contribution in [-0.2, 0) is 5.75 Å². The van der Waals surface area contributed by atoms with Gasteiger partial charge in [0.25, 0.3) is 0 Å². The molecule has 0 bridgehead atoms. The molecule has 5 rings (SSSR count). The molecule has 0 spiro atoms. The Balaban J connectivity index is 1.67. The van der Waals surface area contributed by atoms with Crippen LogP contribution < -0.4 is 0 Å². The lowest BCUT2D eigenvalue weighted by atomic mass is 10.1. The van der Waals surface area contributed by atoms with Crippen LogP contribution in [0.15, 0.2) is 96.4 Å². The first kappa shape index (κ1) is 19.5. The van der Waals surface area contributed by atoms with E-state index in [1.165, 1.54) is 23.3 Å². The fourth-order valence-corrected chi connectivity index (χ4v) is 4.80. The van der Waals surface area contributed by atoms with Gasteiger partial charge in [0.1, 0.15) is 22.8 Å². The van der Waals surface area contributed by atoms with Gasteiger partial charge >= 0.3 is 0 Å². The van der Waals surface area contributed by atoms with Crippen molar-refractivity contribution in [2.45, 2.75) is 17.7 Å². The standard InChI is InChI=1S/C26H20FN3S/c1-18-8-5-6-11-20(18)16-31-26-24-23(19-9-3-2-4-10-19)15-30(25(24)28-17-29-26)22-13-7-12-21(27)14-22/h2-15,17H,16H2,1H3. The summed E-state index contributed by atoms with van der Waals surface area (Å²) >= 11 is 1.70. The number of benzene rings is 3. The van der Waals surface area contributed by atoms with E-state index in [-0.39, 0.29) is 5.82 Å². The van der Waals surface area contributed by atoms with E-state index in [1.807, 2.05) is 35.0 Å². The zero-order chi connectivity index (χ0) is 21.2. The lowest BCUT2D eigenvalue weighted by Crippen LogP contribution is -1.95. The van der Waals surface area contributed by atoms with Crippen LogP contribution in [0, 0.1) is 12.7 Å². The minimum absolute atomic E-state index is 0.274. The smallest absolute Gasteiger partial charge is 0.149 e. The summed E-state index contributed by atoms with van der Waals surface area (Å²) in [6, 6.07) is 25.2. The Morgan fingerprint density at radius 2 is 1.71 bits per heavy atom. The van der Waals surface area contributed by atoms with Crippen LogP contribution in [0.5, 0.6) is 0 Å². The molecular formula is C26H20FN3S. The highest BCUT2D eigenvalue weighted by molar-refractivity contribution is 7.98. The van der Waals surface area contributed by atoms with Crippen molar-refractivity contribution in [3.8, 4) is 16.8 Å². The van der Waals surface area contributed by atoms with Crippen LogP contribution in [-0.4, -0.2) is 14.5 Å². The monoisotopic (exact) mass is 425 g/mol. The number of hydrogen-bond acceptors (Lipinski definition) is 3. The maximum Gasteiger partial charge on any atom is 0.149 e. The fraction of sp³-hybridized carbons (Fsp3) is 0.0769. The highest BCUT2D eigenvalue weighted by atomic mass is 32.2. The van der Waals surface area contributed by atoms with Crippen molar-refractivity contribution in [1.82, 2.24) is 14.5 Å². The number of thioether (sulfide) groups is 1. The molecule has 2 heterocycles. The molecule has 0 radical (unpaired) electrons. The number of rotatable bonds is 5. The molecule has 3 aromatic carbocycles. The Morgan fingerprint density at radius 1 is 0.903 bits per heavy atom.